The van der Waals surface area contributed by atoms with Crippen molar-refractivity contribution in [2.75, 3.05) is 13.2 Å². The molecular formula is C17H27FO2Si. The first-order valence-electron chi connectivity index (χ1n) is 7.38. The summed E-state index contributed by atoms with van der Waals surface area (Å²) < 4.78 is 20.0. The molecule has 1 aromatic carbocycles. The van der Waals surface area contributed by atoms with E-state index < -0.39 is 8.32 Å². The fraction of sp³-hybridized carbons (Fsp3) is 0.529. The van der Waals surface area contributed by atoms with Gasteiger partial charge in [0, 0.05) is 12.2 Å². The summed E-state index contributed by atoms with van der Waals surface area (Å²) in [6.45, 7) is 11.4. The highest BCUT2D eigenvalue weighted by atomic mass is 28.4. The van der Waals surface area contributed by atoms with Crippen LogP contribution in [0, 0.1) is 5.82 Å². The Morgan fingerprint density at radius 1 is 1.29 bits per heavy atom. The van der Waals surface area contributed by atoms with Gasteiger partial charge in [-0.2, -0.15) is 0 Å². The Labute approximate surface area is 128 Å². The van der Waals surface area contributed by atoms with Crippen molar-refractivity contribution < 1.29 is 13.9 Å². The van der Waals surface area contributed by atoms with Crippen molar-refractivity contribution in [3.8, 4) is 0 Å². The van der Waals surface area contributed by atoms with Gasteiger partial charge in [0.05, 0.1) is 6.61 Å². The fourth-order valence-corrected chi connectivity index (χ4v) is 2.86. The van der Waals surface area contributed by atoms with E-state index in [0.29, 0.717) is 18.6 Å². The number of halogens is 1. The molecule has 0 bridgehead atoms. The highest BCUT2D eigenvalue weighted by Gasteiger charge is 2.36. The van der Waals surface area contributed by atoms with Crippen molar-refractivity contribution in [3.63, 3.8) is 0 Å². The van der Waals surface area contributed by atoms with Crippen LogP contribution in [0.1, 0.15) is 32.8 Å². The van der Waals surface area contributed by atoms with Gasteiger partial charge in [0.2, 0.25) is 0 Å². The molecule has 0 heterocycles. The van der Waals surface area contributed by atoms with Crippen LogP contribution in [0.25, 0.3) is 5.57 Å². The van der Waals surface area contributed by atoms with Gasteiger partial charge in [0.1, 0.15) is 5.82 Å². The van der Waals surface area contributed by atoms with Gasteiger partial charge >= 0.3 is 0 Å². The standard InChI is InChI=1S/C17H27FO2Si/c1-17(2,3)21(4,5)20-13-11-14(10-12-19)15-8-6-7-9-16(15)18/h6-10,19H,11-13H2,1-5H3/b14-10+. The molecule has 0 unspecified atom stereocenters. The summed E-state index contributed by atoms with van der Waals surface area (Å²) in [5, 5.41) is 9.30. The third kappa shape index (κ3) is 5.06. The molecule has 0 atom stereocenters. The molecule has 0 fully saturated rings. The van der Waals surface area contributed by atoms with Gasteiger partial charge in [-0.15, -0.1) is 0 Å². The van der Waals surface area contributed by atoms with Crippen LogP contribution in [0.4, 0.5) is 4.39 Å². The number of hydrogen-bond donors (Lipinski definition) is 1. The monoisotopic (exact) mass is 310 g/mol. The van der Waals surface area contributed by atoms with E-state index in [1.165, 1.54) is 6.07 Å². The third-order valence-corrected chi connectivity index (χ3v) is 8.74. The summed E-state index contributed by atoms with van der Waals surface area (Å²) in [4.78, 5) is 0. The molecule has 1 aromatic rings. The van der Waals surface area contributed by atoms with Crippen molar-refractivity contribution in [1.29, 1.82) is 0 Å². The van der Waals surface area contributed by atoms with Gasteiger partial charge in [0.25, 0.3) is 0 Å². The molecule has 0 radical (unpaired) electrons. The molecule has 0 saturated heterocycles. The molecule has 0 saturated carbocycles. The summed E-state index contributed by atoms with van der Waals surface area (Å²) >= 11 is 0. The van der Waals surface area contributed by atoms with E-state index in [-0.39, 0.29) is 17.5 Å². The molecule has 2 nitrogen and oxygen atoms in total. The Hall–Kier alpha value is -0.973. The zero-order valence-electron chi connectivity index (χ0n) is 13.7. The third-order valence-electron chi connectivity index (χ3n) is 4.20. The van der Waals surface area contributed by atoms with Crippen molar-refractivity contribution in [1.82, 2.24) is 0 Å². The summed E-state index contributed by atoms with van der Waals surface area (Å²) in [6, 6.07) is 6.65. The van der Waals surface area contributed by atoms with Crippen LogP contribution in [0.15, 0.2) is 30.3 Å². The average molecular weight is 310 g/mol. The molecular weight excluding hydrogens is 283 g/mol. The number of aliphatic hydroxyl groups is 1. The van der Waals surface area contributed by atoms with Crippen LogP contribution in [-0.2, 0) is 4.43 Å². The quantitative estimate of drug-likeness (QED) is 0.777. The van der Waals surface area contributed by atoms with Crippen molar-refractivity contribution >= 4 is 13.9 Å². The second-order valence-electron chi connectivity index (χ2n) is 6.75. The van der Waals surface area contributed by atoms with Gasteiger partial charge in [-0.05, 0) is 36.2 Å². The zero-order valence-corrected chi connectivity index (χ0v) is 14.7. The zero-order chi connectivity index (χ0) is 16.1. The van der Waals surface area contributed by atoms with Gasteiger partial charge in [-0.3, -0.25) is 0 Å². The van der Waals surface area contributed by atoms with Crippen LogP contribution >= 0.6 is 0 Å². The van der Waals surface area contributed by atoms with E-state index in [2.05, 4.69) is 33.9 Å². The van der Waals surface area contributed by atoms with Crippen molar-refractivity contribution in [2.45, 2.75) is 45.3 Å². The molecule has 0 aliphatic carbocycles. The highest BCUT2D eigenvalue weighted by molar-refractivity contribution is 6.74. The van der Waals surface area contributed by atoms with E-state index in [0.717, 1.165) is 5.57 Å². The minimum atomic E-state index is -1.79. The maximum Gasteiger partial charge on any atom is 0.191 e. The minimum absolute atomic E-state index is 0.0935. The second-order valence-corrected chi connectivity index (χ2v) is 11.6. The summed E-state index contributed by atoms with van der Waals surface area (Å²) in [6.07, 6.45) is 2.27. The maximum absolute atomic E-state index is 13.9. The summed E-state index contributed by atoms with van der Waals surface area (Å²) in [5.41, 5.74) is 1.35. The molecule has 118 valence electrons. The lowest BCUT2D eigenvalue weighted by atomic mass is 10.0. The minimum Gasteiger partial charge on any atom is -0.416 e. The Kier molecular flexibility index (Phi) is 6.32. The Morgan fingerprint density at radius 3 is 2.43 bits per heavy atom. The lowest BCUT2D eigenvalue weighted by Crippen LogP contribution is -2.41. The molecule has 0 amide bonds. The lowest BCUT2D eigenvalue weighted by molar-refractivity contribution is 0.295. The molecule has 0 aromatic heterocycles. The SMILES string of the molecule is CC(C)(C)[Si](C)(C)OCC/C(=C\CO)c1ccccc1F. The number of aliphatic hydroxyl groups excluding tert-OH is 1. The van der Waals surface area contributed by atoms with Crippen LogP contribution in [0.2, 0.25) is 18.1 Å². The molecule has 0 aliphatic rings. The molecule has 0 spiro atoms. The van der Waals surface area contributed by atoms with Crippen LogP contribution in [0.5, 0.6) is 0 Å². The molecule has 21 heavy (non-hydrogen) atoms. The van der Waals surface area contributed by atoms with Gasteiger partial charge in [-0.25, -0.2) is 4.39 Å². The molecule has 4 heteroatoms. The Bertz CT molecular complexity index is 490. The summed E-state index contributed by atoms with van der Waals surface area (Å²) in [5.74, 6) is -0.260. The lowest BCUT2D eigenvalue weighted by Gasteiger charge is -2.36. The van der Waals surface area contributed by atoms with E-state index in [4.69, 9.17) is 9.53 Å². The van der Waals surface area contributed by atoms with Crippen LogP contribution in [0.3, 0.4) is 0 Å². The van der Waals surface area contributed by atoms with Crippen LogP contribution in [-0.4, -0.2) is 26.6 Å². The average Bonchev–Trinajstić information content (AvgIpc) is 2.37. The smallest absolute Gasteiger partial charge is 0.191 e. The topological polar surface area (TPSA) is 29.5 Å². The number of benzene rings is 1. The predicted octanol–water partition coefficient (Wildman–Crippen LogP) is 4.61. The Morgan fingerprint density at radius 2 is 1.90 bits per heavy atom. The second kappa shape index (κ2) is 7.34. The predicted molar refractivity (Wildman–Crippen MR) is 89.2 cm³/mol. The van der Waals surface area contributed by atoms with Gasteiger partial charge in [-0.1, -0.05) is 45.0 Å². The van der Waals surface area contributed by atoms with E-state index in [1.807, 2.05) is 0 Å². The Balaban J connectivity index is 2.75. The first-order chi connectivity index (χ1) is 9.69. The first kappa shape index (κ1) is 18.1. The van der Waals surface area contributed by atoms with E-state index in [1.54, 1.807) is 24.3 Å². The fourth-order valence-electron chi connectivity index (χ4n) is 1.81. The molecule has 1 N–H and O–H groups in total. The van der Waals surface area contributed by atoms with Crippen molar-refractivity contribution in [2.24, 2.45) is 0 Å². The van der Waals surface area contributed by atoms with Gasteiger partial charge < -0.3 is 9.53 Å². The number of hydrogen-bond acceptors (Lipinski definition) is 2. The maximum atomic E-state index is 13.9. The van der Waals surface area contributed by atoms with E-state index in [9.17, 15) is 4.39 Å². The largest absolute Gasteiger partial charge is 0.416 e. The van der Waals surface area contributed by atoms with Crippen molar-refractivity contribution in [3.05, 3.63) is 41.7 Å². The normalized spacial score (nSPS) is 13.6. The summed E-state index contributed by atoms with van der Waals surface area (Å²) in [7, 11) is -1.79. The number of rotatable bonds is 6. The first-order valence-corrected chi connectivity index (χ1v) is 10.3. The molecule has 1 rings (SSSR count). The highest BCUT2D eigenvalue weighted by Crippen LogP contribution is 2.37. The van der Waals surface area contributed by atoms with E-state index >= 15 is 0 Å². The van der Waals surface area contributed by atoms with Crippen LogP contribution < -0.4 is 0 Å². The van der Waals surface area contributed by atoms with Gasteiger partial charge in [0.15, 0.2) is 8.32 Å². The molecule has 0 aliphatic heterocycles.